The first kappa shape index (κ1) is 40.6. The van der Waals surface area contributed by atoms with E-state index in [9.17, 15) is 9.59 Å². The summed E-state index contributed by atoms with van der Waals surface area (Å²) < 4.78 is 0. The molecule has 0 aliphatic heterocycles. The lowest BCUT2D eigenvalue weighted by Gasteiger charge is -2.23. The first-order valence-electron chi connectivity index (χ1n) is 18.1. The van der Waals surface area contributed by atoms with Gasteiger partial charge in [-0.25, -0.2) is 0 Å². The minimum absolute atomic E-state index is 0.0298. The number of halogens is 2. The zero-order valence-electron chi connectivity index (χ0n) is 28.3. The van der Waals surface area contributed by atoms with Gasteiger partial charge >= 0.3 is 0 Å². The fourth-order valence-electron chi connectivity index (χ4n) is 5.67. The van der Waals surface area contributed by atoms with Crippen molar-refractivity contribution in [2.45, 2.75) is 155 Å². The van der Waals surface area contributed by atoms with Gasteiger partial charge in [0.05, 0.1) is 0 Å². The Hall–Kier alpha value is -1.46. The SMILES string of the molecule is CCCCCCCCCCCCCCCCCC(=O)N[C@@H](Cc1ccc(N(CCCl)CCCl)cc1)C(=O)NCCCCCC. The highest BCUT2D eigenvalue weighted by molar-refractivity contribution is 6.18. The average Bonchev–Trinajstić information content (AvgIpc) is 3.02. The van der Waals surface area contributed by atoms with Gasteiger partial charge in [0, 0.05) is 49.9 Å². The van der Waals surface area contributed by atoms with Crippen LogP contribution in [0, 0.1) is 0 Å². The number of nitrogens with one attached hydrogen (secondary N) is 2. The monoisotopic (exact) mass is 653 g/mol. The third-order valence-corrected chi connectivity index (χ3v) is 8.78. The third-order valence-electron chi connectivity index (χ3n) is 8.44. The summed E-state index contributed by atoms with van der Waals surface area (Å²) in [6.07, 6.45) is 24.9. The Kier molecular flexibility index (Phi) is 26.7. The van der Waals surface area contributed by atoms with E-state index in [1.165, 1.54) is 89.9 Å². The van der Waals surface area contributed by atoms with Crippen LogP contribution in [-0.2, 0) is 16.0 Å². The van der Waals surface area contributed by atoms with Crippen molar-refractivity contribution in [3.63, 3.8) is 0 Å². The number of alkyl halides is 2. The highest BCUT2D eigenvalue weighted by atomic mass is 35.5. The maximum atomic E-state index is 13.1. The smallest absolute Gasteiger partial charge is 0.242 e. The lowest BCUT2D eigenvalue weighted by molar-refractivity contribution is -0.129. The lowest BCUT2D eigenvalue weighted by atomic mass is 10.0. The van der Waals surface area contributed by atoms with E-state index in [-0.39, 0.29) is 11.8 Å². The summed E-state index contributed by atoms with van der Waals surface area (Å²) in [7, 11) is 0. The zero-order chi connectivity index (χ0) is 32.1. The van der Waals surface area contributed by atoms with Crippen LogP contribution in [0.25, 0.3) is 0 Å². The van der Waals surface area contributed by atoms with Gasteiger partial charge in [0.25, 0.3) is 0 Å². The second-order valence-corrected chi connectivity index (χ2v) is 13.2. The summed E-state index contributed by atoms with van der Waals surface area (Å²) in [5, 5.41) is 6.11. The van der Waals surface area contributed by atoms with Crippen molar-refractivity contribution in [2.75, 3.05) is 36.3 Å². The Morgan fingerprint density at radius 3 is 1.59 bits per heavy atom. The Balaban J connectivity index is 2.41. The number of anilines is 1. The Morgan fingerprint density at radius 2 is 1.11 bits per heavy atom. The fraction of sp³-hybridized carbons (Fsp3) is 0.784. The molecule has 0 saturated carbocycles. The van der Waals surface area contributed by atoms with Gasteiger partial charge in [-0.3, -0.25) is 9.59 Å². The minimum atomic E-state index is -0.572. The molecule has 0 spiro atoms. The molecule has 0 aromatic heterocycles. The lowest BCUT2D eigenvalue weighted by Crippen LogP contribution is -2.48. The normalized spacial score (nSPS) is 11.8. The number of rotatable bonds is 30. The van der Waals surface area contributed by atoms with Crippen LogP contribution in [0.1, 0.15) is 148 Å². The van der Waals surface area contributed by atoms with E-state index in [1.54, 1.807) is 0 Å². The quantitative estimate of drug-likeness (QED) is 0.0641. The van der Waals surface area contributed by atoms with Crippen molar-refractivity contribution in [3.8, 4) is 0 Å². The van der Waals surface area contributed by atoms with Crippen LogP contribution >= 0.6 is 23.2 Å². The molecule has 254 valence electrons. The minimum Gasteiger partial charge on any atom is -0.369 e. The van der Waals surface area contributed by atoms with E-state index in [0.29, 0.717) is 31.1 Å². The second kappa shape index (κ2) is 29.0. The molecule has 1 aromatic carbocycles. The molecule has 0 aliphatic carbocycles. The van der Waals surface area contributed by atoms with E-state index in [4.69, 9.17) is 23.2 Å². The zero-order valence-corrected chi connectivity index (χ0v) is 29.8. The van der Waals surface area contributed by atoms with E-state index >= 15 is 0 Å². The molecule has 0 radical (unpaired) electrons. The molecule has 1 aromatic rings. The van der Waals surface area contributed by atoms with Crippen molar-refractivity contribution < 1.29 is 9.59 Å². The first-order valence-corrected chi connectivity index (χ1v) is 19.1. The van der Waals surface area contributed by atoms with Gasteiger partial charge in [0.2, 0.25) is 11.8 Å². The van der Waals surface area contributed by atoms with Crippen LogP contribution in [0.3, 0.4) is 0 Å². The van der Waals surface area contributed by atoms with Crippen molar-refractivity contribution in [2.24, 2.45) is 0 Å². The molecule has 5 nitrogen and oxygen atoms in total. The Morgan fingerprint density at radius 1 is 0.659 bits per heavy atom. The van der Waals surface area contributed by atoms with Crippen LogP contribution in [0.15, 0.2) is 24.3 Å². The average molecular weight is 655 g/mol. The molecule has 1 atom stereocenters. The molecule has 2 N–H and O–H groups in total. The Labute approximate surface area is 281 Å². The number of unbranched alkanes of at least 4 members (excludes halogenated alkanes) is 17. The number of amides is 2. The van der Waals surface area contributed by atoms with Gasteiger partial charge in [-0.1, -0.05) is 135 Å². The van der Waals surface area contributed by atoms with Crippen molar-refractivity contribution in [1.82, 2.24) is 10.6 Å². The van der Waals surface area contributed by atoms with E-state index in [1.807, 2.05) is 24.3 Å². The molecule has 1 rings (SSSR count). The van der Waals surface area contributed by atoms with Gasteiger partial charge in [-0.15, -0.1) is 23.2 Å². The number of carbonyl (C=O) groups excluding carboxylic acids is 2. The van der Waals surface area contributed by atoms with E-state index < -0.39 is 6.04 Å². The molecule has 0 saturated heterocycles. The van der Waals surface area contributed by atoms with Crippen molar-refractivity contribution in [3.05, 3.63) is 29.8 Å². The summed E-state index contributed by atoms with van der Waals surface area (Å²) >= 11 is 11.9. The van der Waals surface area contributed by atoms with Crippen molar-refractivity contribution >= 4 is 40.7 Å². The maximum absolute atomic E-state index is 13.1. The van der Waals surface area contributed by atoms with Crippen LogP contribution in [0.5, 0.6) is 0 Å². The number of hydrogen-bond donors (Lipinski definition) is 2. The molecule has 0 fully saturated rings. The number of carbonyl (C=O) groups is 2. The molecule has 44 heavy (non-hydrogen) atoms. The molecule has 7 heteroatoms. The number of benzene rings is 1. The third kappa shape index (κ3) is 21.3. The first-order chi connectivity index (χ1) is 21.5. The highest BCUT2D eigenvalue weighted by Gasteiger charge is 2.21. The summed E-state index contributed by atoms with van der Waals surface area (Å²) in [4.78, 5) is 28.1. The molecule has 2 amide bonds. The van der Waals surface area contributed by atoms with Gasteiger partial charge < -0.3 is 15.5 Å². The largest absolute Gasteiger partial charge is 0.369 e. The Bertz CT molecular complexity index is 815. The van der Waals surface area contributed by atoms with Crippen LogP contribution in [0.2, 0.25) is 0 Å². The van der Waals surface area contributed by atoms with Crippen molar-refractivity contribution in [1.29, 1.82) is 0 Å². The van der Waals surface area contributed by atoms with E-state index in [2.05, 4.69) is 29.4 Å². The molecular weight excluding hydrogens is 589 g/mol. The standard InChI is InChI=1S/C37H65Cl2N3O2/c1-3-5-7-9-10-11-12-13-14-15-16-17-18-19-20-22-36(43)41-35(37(44)40-29-21-8-6-4-2)32-33-23-25-34(26-24-33)42(30-27-38)31-28-39/h23-26,35H,3-22,27-32H2,1-2H3,(H,40,44)(H,41,43)/t35-/m0/s1. The van der Waals surface area contributed by atoms with Gasteiger partial charge in [0.15, 0.2) is 0 Å². The predicted octanol–water partition coefficient (Wildman–Crippen LogP) is 9.96. The maximum Gasteiger partial charge on any atom is 0.242 e. The molecule has 0 bridgehead atoms. The molecule has 0 aliphatic rings. The summed E-state index contributed by atoms with van der Waals surface area (Å²) in [6.45, 7) is 6.56. The molecule has 0 heterocycles. The molecule has 0 unspecified atom stereocenters. The highest BCUT2D eigenvalue weighted by Crippen LogP contribution is 2.17. The van der Waals surface area contributed by atoms with Gasteiger partial charge in [0.1, 0.15) is 6.04 Å². The molecular formula is C37H65Cl2N3O2. The van der Waals surface area contributed by atoms with Crippen LogP contribution < -0.4 is 15.5 Å². The van der Waals surface area contributed by atoms with E-state index in [0.717, 1.165) is 56.4 Å². The number of hydrogen-bond acceptors (Lipinski definition) is 3. The van der Waals surface area contributed by atoms with Crippen LogP contribution in [-0.4, -0.2) is 49.3 Å². The predicted molar refractivity (Wildman–Crippen MR) is 192 cm³/mol. The second-order valence-electron chi connectivity index (χ2n) is 12.4. The topological polar surface area (TPSA) is 61.4 Å². The summed E-state index contributed by atoms with van der Waals surface area (Å²) in [5.74, 6) is 0.939. The number of nitrogens with zero attached hydrogens (tertiary/aromatic N) is 1. The summed E-state index contributed by atoms with van der Waals surface area (Å²) in [6, 6.07) is 7.59. The van der Waals surface area contributed by atoms with Crippen LogP contribution in [0.4, 0.5) is 5.69 Å². The summed E-state index contributed by atoms with van der Waals surface area (Å²) in [5.41, 5.74) is 2.08. The fourth-order valence-corrected chi connectivity index (χ4v) is 6.08. The van der Waals surface area contributed by atoms with Gasteiger partial charge in [-0.05, 0) is 30.5 Å². The van der Waals surface area contributed by atoms with Gasteiger partial charge in [-0.2, -0.15) is 0 Å².